The van der Waals surface area contributed by atoms with E-state index in [2.05, 4.69) is 10.4 Å². The summed E-state index contributed by atoms with van der Waals surface area (Å²) < 4.78 is 1.58. The van der Waals surface area contributed by atoms with Gasteiger partial charge in [-0.2, -0.15) is 5.10 Å². The topological polar surface area (TPSA) is 83.7 Å². The fraction of sp³-hybridized carbons (Fsp3) is 0.450. The van der Waals surface area contributed by atoms with Crippen LogP contribution in [0.15, 0.2) is 35.5 Å². The van der Waals surface area contributed by atoms with Gasteiger partial charge in [-0.05, 0) is 61.6 Å². The van der Waals surface area contributed by atoms with Crippen LogP contribution in [0, 0.1) is 17.8 Å². The number of allylic oxidation sites excluding steroid dienone is 1. The zero-order valence-corrected chi connectivity index (χ0v) is 14.4. The van der Waals surface area contributed by atoms with Gasteiger partial charge in [-0.1, -0.05) is 11.1 Å². The van der Waals surface area contributed by atoms with E-state index in [4.69, 9.17) is 5.11 Å². The zero-order valence-electron chi connectivity index (χ0n) is 14.4. The number of pyridine rings is 1. The highest BCUT2D eigenvalue weighted by Gasteiger charge is 2.47. The summed E-state index contributed by atoms with van der Waals surface area (Å²) in [5.74, 6) is 1.34. The Morgan fingerprint density at radius 1 is 1.27 bits per heavy atom. The third-order valence-electron chi connectivity index (χ3n) is 6.22. The van der Waals surface area contributed by atoms with E-state index in [9.17, 15) is 9.59 Å². The van der Waals surface area contributed by atoms with Crippen molar-refractivity contribution in [3.63, 3.8) is 0 Å². The van der Waals surface area contributed by atoms with Crippen molar-refractivity contribution in [1.29, 1.82) is 0 Å². The van der Waals surface area contributed by atoms with Crippen molar-refractivity contribution in [2.75, 3.05) is 6.54 Å². The molecule has 2 unspecified atom stereocenters. The van der Waals surface area contributed by atoms with Crippen LogP contribution < -0.4 is 5.32 Å². The van der Waals surface area contributed by atoms with Crippen LogP contribution >= 0.6 is 0 Å². The molecule has 2 N–H and O–H groups in total. The quantitative estimate of drug-likeness (QED) is 0.811. The molecular weight excluding hydrogens is 330 g/mol. The van der Waals surface area contributed by atoms with Gasteiger partial charge in [-0.15, -0.1) is 0 Å². The molecule has 6 heteroatoms. The normalized spacial score (nSPS) is 26.1. The lowest BCUT2D eigenvalue weighted by molar-refractivity contribution is -0.136. The number of hydrogen-bond acceptors (Lipinski definition) is 3. The highest BCUT2D eigenvalue weighted by atomic mass is 16.4. The van der Waals surface area contributed by atoms with Gasteiger partial charge in [0.2, 0.25) is 0 Å². The molecule has 0 aromatic carbocycles. The molecule has 2 aromatic rings. The average molecular weight is 351 g/mol. The molecule has 0 aliphatic heterocycles. The summed E-state index contributed by atoms with van der Waals surface area (Å²) in [6.07, 6.45) is 6.78. The molecule has 2 aromatic heterocycles. The van der Waals surface area contributed by atoms with E-state index in [1.807, 2.05) is 0 Å². The first-order valence-corrected chi connectivity index (χ1v) is 9.27. The smallest absolute Gasteiger partial charge is 0.309 e. The second-order valence-corrected chi connectivity index (χ2v) is 7.87. The Bertz CT molecular complexity index is 944. The number of carboxylic acid groups (broad SMARTS) is 1. The minimum Gasteiger partial charge on any atom is -0.481 e. The number of nitrogens with zero attached hydrogens (tertiary/aromatic N) is 2. The summed E-state index contributed by atoms with van der Waals surface area (Å²) in [5, 5.41) is 16.3. The van der Waals surface area contributed by atoms with Crippen LogP contribution in [0.25, 0.3) is 5.52 Å². The van der Waals surface area contributed by atoms with E-state index < -0.39 is 5.97 Å². The average Bonchev–Trinajstić information content (AvgIpc) is 3.00. The first kappa shape index (κ1) is 15.6. The summed E-state index contributed by atoms with van der Waals surface area (Å²) in [5.41, 5.74) is 4.72. The monoisotopic (exact) mass is 351 g/mol. The van der Waals surface area contributed by atoms with Gasteiger partial charge in [0, 0.05) is 12.7 Å². The van der Waals surface area contributed by atoms with E-state index in [-0.39, 0.29) is 12.3 Å². The molecule has 0 radical (unpaired) electrons. The van der Waals surface area contributed by atoms with Gasteiger partial charge < -0.3 is 10.4 Å². The van der Waals surface area contributed by atoms with Crippen LogP contribution in [0.3, 0.4) is 0 Å². The van der Waals surface area contributed by atoms with Crippen LogP contribution in [0.2, 0.25) is 0 Å². The minimum atomic E-state index is -0.932. The highest BCUT2D eigenvalue weighted by Crippen LogP contribution is 2.59. The third-order valence-corrected chi connectivity index (χ3v) is 6.22. The Labute approximate surface area is 150 Å². The number of amides is 1. The third kappa shape index (κ3) is 2.43. The number of fused-ring (bicyclic) bond motifs is 2. The van der Waals surface area contributed by atoms with Gasteiger partial charge in [0.05, 0.1) is 23.2 Å². The maximum atomic E-state index is 12.7. The number of aliphatic carboxylic acids is 1. The first-order chi connectivity index (χ1) is 12.6. The number of hydrogen-bond donors (Lipinski definition) is 2. The molecule has 0 saturated heterocycles. The molecule has 6 nitrogen and oxygen atoms in total. The van der Waals surface area contributed by atoms with E-state index in [0.29, 0.717) is 23.3 Å². The Hall–Kier alpha value is -2.63. The number of carbonyl (C=O) groups is 2. The van der Waals surface area contributed by atoms with Crippen molar-refractivity contribution in [2.24, 2.45) is 17.8 Å². The lowest BCUT2D eigenvalue weighted by Crippen LogP contribution is -2.44. The maximum absolute atomic E-state index is 12.7. The van der Waals surface area contributed by atoms with Gasteiger partial charge in [-0.25, -0.2) is 4.52 Å². The van der Waals surface area contributed by atoms with E-state index in [1.54, 1.807) is 34.5 Å². The fourth-order valence-electron chi connectivity index (χ4n) is 5.28. The molecule has 134 valence electrons. The molecule has 5 aliphatic carbocycles. The molecule has 4 bridgehead atoms. The molecule has 3 saturated carbocycles. The van der Waals surface area contributed by atoms with Crippen molar-refractivity contribution in [2.45, 2.75) is 32.1 Å². The number of carbonyl (C=O) groups excluding carboxylic acids is 1. The summed E-state index contributed by atoms with van der Waals surface area (Å²) in [6.45, 7) is 0.634. The Morgan fingerprint density at radius 3 is 2.81 bits per heavy atom. The molecule has 0 spiro atoms. The largest absolute Gasteiger partial charge is 0.481 e. The number of carboxylic acids is 1. The van der Waals surface area contributed by atoms with E-state index in [1.165, 1.54) is 24.8 Å². The summed E-state index contributed by atoms with van der Waals surface area (Å²) in [6, 6.07) is 5.21. The van der Waals surface area contributed by atoms with Gasteiger partial charge in [0.1, 0.15) is 0 Å². The van der Waals surface area contributed by atoms with Crippen molar-refractivity contribution in [3.8, 4) is 0 Å². The van der Waals surface area contributed by atoms with E-state index in [0.717, 1.165) is 24.2 Å². The lowest BCUT2D eigenvalue weighted by atomic mass is 9.51. The highest BCUT2D eigenvalue weighted by molar-refractivity contribution is 6.00. The van der Waals surface area contributed by atoms with E-state index >= 15 is 0 Å². The molecule has 5 aliphatic rings. The number of aromatic nitrogens is 2. The predicted octanol–water partition coefficient (Wildman–Crippen LogP) is 2.44. The fourth-order valence-corrected chi connectivity index (χ4v) is 5.28. The SMILES string of the molecule is O=C(O)Cc1cc2c(C(=O)NCC3=C4C5CC(C3)CC4C5)cccn2n1. The maximum Gasteiger partial charge on any atom is 0.309 e. The van der Waals surface area contributed by atoms with Crippen molar-refractivity contribution < 1.29 is 14.7 Å². The predicted molar refractivity (Wildman–Crippen MR) is 94.8 cm³/mol. The first-order valence-electron chi connectivity index (χ1n) is 9.27. The lowest BCUT2D eigenvalue weighted by Gasteiger charge is -2.54. The van der Waals surface area contributed by atoms with Gasteiger partial charge in [0.25, 0.3) is 5.91 Å². The Kier molecular flexibility index (Phi) is 3.42. The molecule has 3 fully saturated rings. The molecule has 2 atom stereocenters. The van der Waals surface area contributed by atoms with Crippen LogP contribution in [-0.4, -0.2) is 33.1 Å². The van der Waals surface area contributed by atoms with Crippen LogP contribution in [0.1, 0.15) is 41.7 Å². The van der Waals surface area contributed by atoms with Gasteiger partial charge in [0.15, 0.2) is 0 Å². The second kappa shape index (κ2) is 5.69. The number of rotatable bonds is 5. The zero-order chi connectivity index (χ0) is 17.8. The Balaban J connectivity index is 1.36. The van der Waals surface area contributed by atoms with Crippen molar-refractivity contribution in [1.82, 2.24) is 14.9 Å². The Morgan fingerprint density at radius 2 is 2.08 bits per heavy atom. The van der Waals surface area contributed by atoms with Crippen molar-refractivity contribution in [3.05, 3.63) is 46.8 Å². The minimum absolute atomic E-state index is 0.124. The summed E-state index contributed by atoms with van der Waals surface area (Å²) in [7, 11) is 0. The molecule has 2 heterocycles. The molecular formula is C20H21N3O3. The van der Waals surface area contributed by atoms with Crippen LogP contribution in [-0.2, 0) is 11.2 Å². The van der Waals surface area contributed by atoms with Gasteiger partial charge in [-0.3, -0.25) is 9.59 Å². The van der Waals surface area contributed by atoms with Crippen molar-refractivity contribution >= 4 is 17.4 Å². The molecule has 1 amide bonds. The summed E-state index contributed by atoms with van der Waals surface area (Å²) in [4.78, 5) is 23.6. The second-order valence-electron chi connectivity index (χ2n) is 7.87. The summed E-state index contributed by atoms with van der Waals surface area (Å²) >= 11 is 0. The number of nitrogens with one attached hydrogen (secondary N) is 1. The standard InChI is InChI=1S/C20H21N3O3/c24-18(25)9-15-8-17-16(2-1-3-23(17)22-15)20(26)21-10-14-6-11-4-12-7-13(5-11)19(12)14/h1-3,8,11-13H,4-7,9-10H2,(H,21,26)(H,24,25). The van der Waals surface area contributed by atoms with Crippen LogP contribution in [0.4, 0.5) is 0 Å². The molecule has 26 heavy (non-hydrogen) atoms. The van der Waals surface area contributed by atoms with Gasteiger partial charge >= 0.3 is 5.97 Å². The molecule has 7 rings (SSSR count). The van der Waals surface area contributed by atoms with Crippen LogP contribution in [0.5, 0.6) is 0 Å².